The van der Waals surface area contributed by atoms with Crippen LogP contribution in [0.2, 0.25) is 5.02 Å². The molecule has 2 heterocycles. The summed E-state index contributed by atoms with van der Waals surface area (Å²) >= 11 is 6.10. The topological polar surface area (TPSA) is 88.2 Å². The van der Waals surface area contributed by atoms with Crippen LogP contribution in [0.5, 0.6) is 5.75 Å². The van der Waals surface area contributed by atoms with Crippen molar-refractivity contribution in [1.82, 2.24) is 19.5 Å². The van der Waals surface area contributed by atoms with Crippen LogP contribution in [0, 0.1) is 0 Å². The predicted molar refractivity (Wildman–Crippen MR) is 111 cm³/mol. The number of hydrogen-bond donors (Lipinski definition) is 1. The van der Waals surface area contributed by atoms with Crippen LogP contribution < -0.4 is 4.74 Å². The van der Waals surface area contributed by atoms with Gasteiger partial charge >= 0.3 is 0 Å². The molecule has 2 aromatic carbocycles. The Morgan fingerprint density at radius 3 is 2.66 bits per heavy atom. The summed E-state index contributed by atoms with van der Waals surface area (Å²) in [6.45, 7) is 1.12. The first-order valence-corrected chi connectivity index (χ1v) is 11.2. The molecule has 3 aromatic rings. The van der Waals surface area contributed by atoms with E-state index in [1.165, 1.54) is 0 Å². The first kappa shape index (κ1) is 19.9. The SMILES string of the molecule is COc1ccc(Cl)cc1-c1nc(-c2cccc(S(=O)(=O)N3CCCCC3)c2)n[nH]1. The van der Waals surface area contributed by atoms with Crippen molar-refractivity contribution in [1.29, 1.82) is 0 Å². The normalized spacial score (nSPS) is 15.4. The standard InChI is InChI=1S/C20H21ClN4O3S/c1-28-18-9-8-15(21)13-17(18)20-22-19(23-24-20)14-6-5-7-16(12-14)29(26,27)25-10-3-2-4-11-25/h5-9,12-13H,2-4,10-11H2,1H3,(H,22,23,24). The number of nitrogens with zero attached hydrogens (tertiary/aromatic N) is 3. The lowest BCUT2D eigenvalue weighted by Gasteiger charge is -2.25. The van der Waals surface area contributed by atoms with E-state index >= 15 is 0 Å². The lowest BCUT2D eigenvalue weighted by atomic mass is 10.2. The van der Waals surface area contributed by atoms with Gasteiger partial charge in [0.25, 0.3) is 0 Å². The van der Waals surface area contributed by atoms with Crippen LogP contribution in [0.25, 0.3) is 22.8 Å². The predicted octanol–water partition coefficient (Wildman–Crippen LogP) is 3.98. The number of halogens is 1. The van der Waals surface area contributed by atoms with Crippen molar-refractivity contribution < 1.29 is 13.2 Å². The van der Waals surface area contributed by atoms with Crippen LogP contribution in [-0.2, 0) is 10.0 Å². The van der Waals surface area contributed by atoms with Gasteiger partial charge in [-0.15, -0.1) is 0 Å². The molecule has 0 radical (unpaired) electrons. The summed E-state index contributed by atoms with van der Waals surface area (Å²) in [6, 6.07) is 12.0. The van der Waals surface area contributed by atoms with Gasteiger partial charge in [-0.3, -0.25) is 5.10 Å². The highest BCUT2D eigenvalue weighted by Gasteiger charge is 2.26. The molecule has 0 amide bonds. The number of methoxy groups -OCH3 is 1. The number of benzene rings is 2. The van der Waals surface area contributed by atoms with Gasteiger partial charge in [0.05, 0.1) is 17.6 Å². The molecule has 0 unspecified atom stereocenters. The quantitative estimate of drug-likeness (QED) is 0.658. The zero-order valence-corrected chi connectivity index (χ0v) is 17.5. The van der Waals surface area contributed by atoms with Gasteiger partial charge in [-0.2, -0.15) is 9.40 Å². The number of rotatable bonds is 5. The minimum absolute atomic E-state index is 0.253. The Morgan fingerprint density at radius 1 is 1.10 bits per heavy atom. The number of hydrogen-bond acceptors (Lipinski definition) is 5. The molecule has 152 valence electrons. The van der Waals surface area contributed by atoms with Gasteiger partial charge in [0.2, 0.25) is 10.0 Å². The smallest absolute Gasteiger partial charge is 0.243 e. The van der Waals surface area contributed by atoms with Crippen molar-refractivity contribution >= 4 is 21.6 Å². The third kappa shape index (κ3) is 4.01. The fourth-order valence-electron chi connectivity index (χ4n) is 3.43. The zero-order chi connectivity index (χ0) is 20.4. The lowest BCUT2D eigenvalue weighted by Crippen LogP contribution is -2.35. The molecule has 0 bridgehead atoms. The number of nitrogens with one attached hydrogen (secondary N) is 1. The van der Waals surface area contributed by atoms with Crippen molar-refractivity contribution in [3.8, 4) is 28.5 Å². The number of H-pyrrole nitrogens is 1. The second kappa shape index (κ2) is 8.14. The summed E-state index contributed by atoms with van der Waals surface area (Å²) in [5.74, 6) is 1.50. The van der Waals surface area contributed by atoms with E-state index in [4.69, 9.17) is 16.3 Å². The van der Waals surface area contributed by atoms with Crippen LogP contribution in [0.3, 0.4) is 0 Å². The van der Waals surface area contributed by atoms with Crippen LogP contribution in [0.15, 0.2) is 47.4 Å². The third-order valence-corrected chi connectivity index (χ3v) is 7.08. The molecular weight excluding hydrogens is 412 g/mol. The Hall–Kier alpha value is -2.42. The number of aromatic amines is 1. The first-order chi connectivity index (χ1) is 14.0. The lowest BCUT2D eigenvalue weighted by molar-refractivity contribution is 0.346. The van der Waals surface area contributed by atoms with Crippen molar-refractivity contribution in [2.45, 2.75) is 24.2 Å². The molecule has 1 saturated heterocycles. The highest BCUT2D eigenvalue weighted by Crippen LogP contribution is 2.32. The van der Waals surface area contributed by atoms with E-state index in [1.807, 2.05) is 0 Å². The Balaban J connectivity index is 1.67. The van der Waals surface area contributed by atoms with Crippen molar-refractivity contribution in [2.75, 3.05) is 20.2 Å². The molecule has 29 heavy (non-hydrogen) atoms. The Bertz CT molecular complexity index is 1120. The van der Waals surface area contributed by atoms with E-state index in [-0.39, 0.29) is 4.90 Å². The molecular formula is C20H21ClN4O3S. The van der Waals surface area contributed by atoms with Crippen LogP contribution in [0.4, 0.5) is 0 Å². The maximum Gasteiger partial charge on any atom is 0.243 e. The molecule has 1 fully saturated rings. The molecule has 0 saturated carbocycles. The van der Waals surface area contributed by atoms with E-state index in [9.17, 15) is 8.42 Å². The Morgan fingerprint density at radius 2 is 1.90 bits per heavy atom. The van der Waals surface area contributed by atoms with Gasteiger partial charge in [0.15, 0.2) is 11.6 Å². The molecule has 0 aliphatic carbocycles. The summed E-state index contributed by atoms with van der Waals surface area (Å²) in [5.41, 5.74) is 1.29. The Kier molecular flexibility index (Phi) is 5.58. The molecule has 4 rings (SSSR count). The molecule has 1 aliphatic heterocycles. The van der Waals surface area contributed by atoms with E-state index < -0.39 is 10.0 Å². The molecule has 9 heteroatoms. The third-order valence-electron chi connectivity index (χ3n) is 4.95. The maximum atomic E-state index is 13.0. The van der Waals surface area contributed by atoms with Gasteiger partial charge in [-0.25, -0.2) is 13.4 Å². The Labute approximate surface area is 174 Å². The van der Waals surface area contributed by atoms with E-state index in [0.29, 0.717) is 46.6 Å². The van der Waals surface area contributed by atoms with Gasteiger partial charge in [0.1, 0.15) is 5.75 Å². The summed E-state index contributed by atoms with van der Waals surface area (Å²) in [7, 11) is -1.96. The van der Waals surface area contributed by atoms with E-state index in [1.54, 1.807) is 53.9 Å². The fraction of sp³-hybridized carbons (Fsp3) is 0.300. The molecule has 1 aliphatic rings. The van der Waals surface area contributed by atoms with Gasteiger partial charge in [-0.05, 0) is 43.2 Å². The van der Waals surface area contributed by atoms with Crippen LogP contribution in [-0.4, -0.2) is 48.1 Å². The van der Waals surface area contributed by atoms with Crippen molar-refractivity contribution in [3.63, 3.8) is 0 Å². The molecule has 1 N–H and O–H groups in total. The van der Waals surface area contributed by atoms with Crippen LogP contribution in [0.1, 0.15) is 19.3 Å². The number of piperidine rings is 1. The number of ether oxygens (including phenoxy) is 1. The average Bonchev–Trinajstić information content (AvgIpc) is 3.25. The molecule has 0 atom stereocenters. The van der Waals surface area contributed by atoms with E-state index in [0.717, 1.165) is 19.3 Å². The van der Waals surface area contributed by atoms with Crippen molar-refractivity contribution in [3.05, 3.63) is 47.5 Å². The highest BCUT2D eigenvalue weighted by molar-refractivity contribution is 7.89. The summed E-state index contributed by atoms with van der Waals surface area (Å²) in [6.07, 6.45) is 2.86. The largest absolute Gasteiger partial charge is 0.496 e. The van der Waals surface area contributed by atoms with Crippen LogP contribution >= 0.6 is 11.6 Å². The number of aromatic nitrogens is 3. The minimum atomic E-state index is -3.52. The summed E-state index contributed by atoms with van der Waals surface area (Å²) in [5, 5.41) is 7.69. The average molecular weight is 433 g/mol. The van der Waals surface area contributed by atoms with E-state index in [2.05, 4.69) is 15.2 Å². The van der Waals surface area contributed by atoms with Gasteiger partial charge in [0, 0.05) is 23.7 Å². The second-order valence-electron chi connectivity index (χ2n) is 6.84. The first-order valence-electron chi connectivity index (χ1n) is 9.36. The second-order valence-corrected chi connectivity index (χ2v) is 9.22. The molecule has 1 aromatic heterocycles. The number of sulfonamides is 1. The minimum Gasteiger partial charge on any atom is -0.496 e. The molecule has 0 spiro atoms. The molecule has 7 nitrogen and oxygen atoms in total. The summed E-state index contributed by atoms with van der Waals surface area (Å²) in [4.78, 5) is 4.78. The van der Waals surface area contributed by atoms with Gasteiger partial charge in [-0.1, -0.05) is 30.2 Å². The fourth-order valence-corrected chi connectivity index (χ4v) is 5.16. The monoisotopic (exact) mass is 432 g/mol. The van der Waals surface area contributed by atoms with Crippen molar-refractivity contribution in [2.24, 2.45) is 0 Å². The maximum absolute atomic E-state index is 13.0. The van der Waals surface area contributed by atoms with Gasteiger partial charge < -0.3 is 4.74 Å². The highest BCUT2D eigenvalue weighted by atomic mass is 35.5. The zero-order valence-electron chi connectivity index (χ0n) is 15.9. The summed E-state index contributed by atoms with van der Waals surface area (Å²) < 4.78 is 32.8.